The van der Waals surface area contributed by atoms with E-state index in [1.54, 1.807) is 0 Å². The summed E-state index contributed by atoms with van der Waals surface area (Å²) in [6, 6.07) is 25.9. The highest BCUT2D eigenvalue weighted by Gasteiger charge is 2.17. The van der Waals surface area contributed by atoms with Crippen molar-refractivity contribution in [2.24, 2.45) is 0 Å². The molecule has 0 aliphatic rings. The Morgan fingerprint density at radius 3 is 2.20 bits per heavy atom. The van der Waals surface area contributed by atoms with Crippen molar-refractivity contribution >= 4 is 8.80 Å². The standard InChI is InChI=1S/C21H23NO2Si/c1-25(2)21(17-10-5-3-6-11-17)23-16-18-12-9-15-20(22-18)24-19-13-7-4-8-14-19/h3-15,21,25H,16H2,1-2H3. The zero-order chi connectivity index (χ0) is 17.5. The lowest BCUT2D eigenvalue weighted by atomic mass is 10.2. The third kappa shape index (κ3) is 5.02. The Hall–Kier alpha value is -2.43. The third-order valence-corrected chi connectivity index (χ3v) is 5.68. The maximum absolute atomic E-state index is 6.22. The van der Waals surface area contributed by atoms with Crippen LogP contribution in [0.25, 0.3) is 0 Å². The monoisotopic (exact) mass is 349 g/mol. The third-order valence-electron chi connectivity index (χ3n) is 3.89. The van der Waals surface area contributed by atoms with Gasteiger partial charge in [-0.25, -0.2) is 4.98 Å². The maximum Gasteiger partial charge on any atom is 0.219 e. The van der Waals surface area contributed by atoms with Crippen LogP contribution in [0.4, 0.5) is 0 Å². The fourth-order valence-electron chi connectivity index (χ4n) is 2.70. The first-order chi connectivity index (χ1) is 12.2. The molecule has 0 aliphatic heterocycles. The van der Waals surface area contributed by atoms with Crippen molar-refractivity contribution < 1.29 is 9.47 Å². The van der Waals surface area contributed by atoms with E-state index >= 15 is 0 Å². The van der Waals surface area contributed by atoms with E-state index in [1.165, 1.54) is 5.56 Å². The molecule has 0 radical (unpaired) electrons. The lowest BCUT2D eigenvalue weighted by molar-refractivity contribution is 0.0866. The average Bonchev–Trinajstić information content (AvgIpc) is 2.64. The lowest BCUT2D eigenvalue weighted by Gasteiger charge is -2.21. The molecule has 0 aliphatic carbocycles. The molecule has 1 heterocycles. The molecule has 3 nitrogen and oxygen atoms in total. The molecule has 1 atom stereocenters. The van der Waals surface area contributed by atoms with Crippen LogP contribution in [0.15, 0.2) is 78.9 Å². The maximum atomic E-state index is 6.22. The van der Waals surface area contributed by atoms with Crippen molar-refractivity contribution in [3.05, 3.63) is 90.1 Å². The Balaban J connectivity index is 1.67. The highest BCUT2D eigenvalue weighted by molar-refractivity contribution is 6.57. The zero-order valence-electron chi connectivity index (χ0n) is 14.6. The Kier molecular flexibility index (Phi) is 5.98. The molecule has 2 aromatic carbocycles. The Morgan fingerprint density at radius 2 is 1.52 bits per heavy atom. The van der Waals surface area contributed by atoms with Crippen LogP contribution in [0.5, 0.6) is 11.6 Å². The summed E-state index contributed by atoms with van der Waals surface area (Å²) in [6.07, 6.45) is 0. The first kappa shape index (κ1) is 17.4. The number of para-hydroxylation sites is 1. The molecular formula is C21H23NO2Si. The molecule has 0 fully saturated rings. The smallest absolute Gasteiger partial charge is 0.219 e. The summed E-state index contributed by atoms with van der Waals surface area (Å²) in [7, 11) is -1.00. The molecule has 0 bridgehead atoms. The second-order valence-electron chi connectivity index (χ2n) is 6.27. The van der Waals surface area contributed by atoms with Gasteiger partial charge in [-0.3, -0.25) is 0 Å². The molecular weight excluding hydrogens is 326 g/mol. The fourth-order valence-corrected chi connectivity index (χ4v) is 4.17. The van der Waals surface area contributed by atoms with Gasteiger partial charge in [0.05, 0.1) is 26.8 Å². The van der Waals surface area contributed by atoms with Crippen LogP contribution in [0, 0.1) is 0 Å². The van der Waals surface area contributed by atoms with Crippen LogP contribution in [-0.2, 0) is 11.3 Å². The van der Waals surface area contributed by atoms with Crippen molar-refractivity contribution in [3.63, 3.8) is 0 Å². The molecule has 0 N–H and O–H groups in total. The molecule has 1 aromatic heterocycles. The van der Waals surface area contributed by atoms with E-state index in [1.807, 2.05) is 54.6 Å². The molecule has 4 heteroatoms. The average molecular weight is 350 g/mol. The van der Waals surface area contributed by atoms with Gasteiger partial charge in [0.15, 0.2) is 0 Å². The van der Waals surface area contributed by atoms with Gasteiger partial charge < -0.3 is 9.47 Å². The van der Waals surface area contributed by atoms with E-state index in [-0.39, 0.29) is 5.73 Å². The second-order valence-corrected chi connectivity index (χ2v) is 9.36. The molecule has 3 rings (SSSR count). The Morgan fingerprint density at radius 1 is 0.840 bits per heavy atom. The first-order valence-electron chi connectivity index (χ1n) is 8.58. The van der Waals surface area contributed by atoms with Crippen molar-refractivity contribution in [3.8, 4) is 11.6 Å². The minimum Gasteiger partial charge on any atom is -0.439 e. The van der Waals surface area contributed by atoms with Gasteiger partial charge in [0.25, 0.3) is 0 Å². The molecule has 0 saturated carbocycles. The predicted octanol–water partition coefficient (Wildman–Crippen LogP) is 5.16. The molecule has 0 spiro atoms. The van der Waals surface area contributed by atoms with Gasteiger partial charge in [-0.2, -0.15) is 0 Å². The summed E-state index contributed by atoms with van der Waals surface area (Å²) in [6.45, 7) is 5.09. The van der Waals surface area contributed by atoms with Gasteiger partial charge in [-0.15, -0.1) is 0 Å². The topological polar surface area (TPSA) is 31.4 Å². The summed E-state index contributed by atoms with van der Waals surface area (Å²) < 4.78 is 12.0. The Labute approximate surface area is 150 Å². The minimum absolute atomic E-state index is 0.182. The summed E-state index contributed by atoms with van der Waals surface area (Å²) in [5, 5.41) is 0. The van der Waals surface area contributed by atoms with Crippen molar-refractivity contribution in [1.29, 1.82) is 0 Å². The van der Waals surface area contributed by atoms with Crippen LogP contribution < -0.4 is 4.74 Å². The van der Waals surface area contributed by atoms with Gasteiger partial charge in [-0.1, -0.05) is 67.7 Å². The number of aromatic nitrogens is 1. The van der Waals surface area contributed by atoms with Gasteiger partial charge in [0.1, 0.15) is 5.75 Å². The van der Waals surface area contributed by atoms with E-state index in [9.17, 15) is 0 Å². The molecule has 1 unspecified atom stereocenters. The van der Waals surface area contributed by atoms with Crippen molar-refractivity contribution in [2.75, 3.05) is 0 Å². The number of ether oxygens (including phenoxy) is 2. The second kappa shape index (κ2) is 8.60. The summed E-state index contributed by atoms with van der Waals surface area (Å²) in [5.74, 6) is 1.37. The highest BCUT2D eigenvalue weighted by atomic mass is 28.3. The van der Waals surface area contributed by atoms with Gasteiger partial charge in [0.2, 0.25) is 5.88 Å². The number of benzene rings is 2. The van der Waals surface area contributed by atoms with Crippen molar-refractivity contribution in [1.82, 2.24) is 4.98 Å². The van der Waals surface area contributed by atoms with E-state index in [2.05, 4.69) is 42.3 Å². The van der Waals surface area contributed by atoms with Gasteiger partial charge in [-0.05, 0) is 23.8 Å². The summed E-state index contributed by atoms with van der Waals surface area (Å²) >= 11 is 0. The van der Waals surface area contributed by atoms with Crippen LogP contribution in [-0.4, -0.2) is 13.8 Å². The summed E-state index contributed by atoms with van der Waals surface area (Å²) in [5.41, 5.74) is 2.31. The SMILES string of the molecule is C[SiH](C)C(OCc1cccc(Oc2ccccc2)n1)c1ccccc1. The lowest BCUT2D eigenvalue weighted by Crippen LogP contribution is -2.19. The number of nitrogens with zero attached hydrogens (tertiary/aromatic N) is 1. The number of rotatable bonds is 7. The van der Waals surface area contributed by atoms with Crippen LogP contribution in [0.1, 0.15) is 17.0 Å². The predicted molar refractivity (Wildman–Crippen MR) is 104 cm³/mol. The quantitative estimate of drug-likeness (QED) is 0.552. The minimum atomic E-state index is -1.00. The van der Waals surface area contributed by atoms with E-state index in [0.29, 0.717) is 12.5 Å². The number of hydrogen-bond acceptors (Lipinski definition) is 3. The van der Waals surface area contributed by atoms with Gasteiger partial charge >= 0.3 is 0 Å². The van der Waals surface area contributed by atoms with E-state index < -0.39 is 8.80 Å². The molecule has 128 valence electrons. The first-order valence-corrected chi connectivity index (χ1v) is 11.6. The fraction of sp³-hybridized carbons (Fsp3) is 0.190. The normalized spacial score (nSPS) is 12.1. The van der Waals surface area contributed by atoms with Gasteiger partial charge in [0, 0.05) is 6.07 Å². The zero-order valence-corrected chi connectivity index (χ0v) is 15.8. The molecule has 3 aromatic rings. The molecule has 0 saturated heterocycles. The van der Waals surface area contributed by atoms with Crippen LogP contribution in [0.3, 0.4) is 0 Å². The molecule has 0 amide bonds. The largest absolute Gasteiger partial charge is 0.439 e. The van der Waals surface area contributed by atoms with Crippen LogP contribution in [0.2, 0.25) is 13.1 Å². The van der Waals surface area contributed by atoms with E-state index in [4.69, 9.17) is 9.47 Å². The van der Waals surface area contributed by atoms with Crippen LogP contribution >= 0.6 is 0 Å². The molecule has 25 heavy (non-hydrogen) atoms. The summed E-state index contributed by atoms with van der Waals surface area (Å²) in [4.78, 5) is 4.56. The Bertz CT molecular complexity index is 778. The number of hydrogen-bond donors (Lipinski definition) is 0. The van der Waals surface area contributed by atoms with Crippen molar-refractivity contribution in [2.45, 2.75) is 25.4 Å². The highest BCUT2D eigenvalue weighted by Crippen LogP contribution is 2.23. The number of pyridine rings is 1. The van der Waals surface area contributed by atoms with E-state index in [0.717, 1.165) is 11.4 Å².